The molecule has 1 unspecified atom stereocenters. The molecule has 1 N–H and O–H groups in total. The molecule has 1 aromatic rings. The van der Waals surface area contributed by atoms with Crippen molar-refractivity contribution in [1.82, 2.24) is 9.88 Å². The van der Waals surface area contributed by atoms with Gasteiger partial charge in [0, 0.05) is 36.0 Å². The number of Topliss-reactive ketones (excluding diaryl/α,β-unsaturated/α-hetero) is 1. The van der Waals surface area contributed by atoms with Crippen LogP contribution in [0.2, 0.25) is 0 Å². The quantitative estimate of drug-likeness (QED) is 0.622. The molecule has 2 rings (SSSR count). The van der Waals surface area contributed by atoms with E-state index in [9.17, 15) is 9.59 Å². The van der Waals surface area contributed by atoms with Crippen molar-refractivity contribution in [3.8, 4) is 0 Å². The molecule has 21 heavy (non-hydrogen) atoms. The predicted octanol–water partition coefficient (Wildman–Crippen LogP) is 2.97. The number of carbonyl (C=O) groups excluding carboxylic acids is 2. The second-order valence-electron chi connectivity index (χ2n) is 5.86. The third-order valence-electron chi connectivity index (χ3n) is 3.93. The van der Waals surface area contributed by atoms with E-state index in [1.807, 2.05) is 19.9 Å². The van der Waals surface area contributed by atoms with Crippen molar-refractivity contribution in [1.29, 1.82) is 0 Å². The van der Waals surface area contributed by atoms with E-state index < -0.39 is 5.38 Å². The van der Waals surface area contributed by atoms with Crippen LogP contribution < -0.4 is 5.32 Å². The minimum atomic E-state index is -0.511. The molecular weight excluding hydrogens is 288 g/mol. The number of nitrogens with one attached hydrogen (secondary N) is 1. The Morgan fingerprint density at radius 2 is 2.10 bits per heavy atom. The first-order valence-corrected chi connectivity index (χ1v) is 7.98. The summed E-state index contributed by atoms with van der Waals surface area (Å²) in [6.07, 6.45) is 3.54. The van der Waals surface area contributed by atoms with Crippen LogP contribution in [0, 0.1) is 13.8 Å². The highest BCUT2D eigenvalue weighted by Crippen LogP contribution is 2.20. The summed E-state index contributed by atoms with van der Waals surface area (Å²) in [5, 5.41) is 2.48. The Morgan fingerprint density at radius 1 is 1.43 bits per heavy atom. The molecule has 1 heterocycles. The van der Waals surface area contributed by atoms with Crippen LogP contribution in [-0.2, 0) is 11.3 Å². The highest BCUT2D eigenvalue weighted by Gasteiger charge is 2.23. The van der Waals surface area contributed by atoms with Crippen LogP contribution in [0.1, 0.15) is 54.4 Å². The van der Waals surface area contributed by atoms with E-state index in [2.05, 4.69) is 9.88 Å². The van der Waals surface area contributed by atoms with Crippen LogP contribution in [0.3, 0.4) is 0 Å². The fraction of sp³-hybridized carbons (Fsp3) is 0.625. The number of rotatable bonds is 7. The summed E-state index contributed by atoms with van der Waals surface area (Å²) in [7, 11) is 0. The van der Waals surface area contributed by atoms with E-state index in [0.29, 0.717) is 18.0 Å². The lowest BCUT2D eigenvalue weighted by Gasteiger charge is -2.10. The van der Waals surface area contributed by atoms with Crippen LogP contribution in [-0.4, -0.2) is 27.7 Å². The molecular formula is C16H23ClN2O2. The van der Waals surface area contributed by atoms with Crippen molar-refractivity contribution >= 4 is 23.3 Å². The molecule has 1 fully saturated rings. The number of hydrogen-bond donors (Lipinski definition) is 1. The van der Waals surface area contributed by atoms with Crippen molar-refractivity contribution in [2.45, 2.75) is 64.4 Å². The van der Waals surface area contributed by atoms with E-state index in [1.165, 1.54) is 0 Å². The fourth-order valence-electron chi connectivity index (χ4n) is 2.53. The second kappa shape index (κ2) is 6.65. The van der Waals surface area contributed by atoms with Crippen LogP contribution >= 0.6 is 11.6 Å². The van der Waals surface area contributed by atoms with Crippen LogP contribution in [0.5, 0.6) is 0 Å². The molecule has 1 atom stereocenters. The molecule has 0 bridgehead atoms. The van der Waals surface area contributed by atoms with E-state index >= 15 is 0 Å². The molecule has 0 saturated heterocycles. The molecule has 1 amide bonds. The Labute approximate surface area is 130 Å². The highest BCUT2D eigenvalue weighted by molar-refractivity contribution is 6.33. The Bertz CT molecular complexity index is 545. The number of aryl methyl sites for hydroxylation is 1. The molecule has 1 aliphatic carbocycles. The third-order valence-corrected chi connectivity index (χ3v) is 4.13. The zero-order valence-corrected chi connectivity index (χ0v) is 13.7. The fourth-order valence-corrected chi connectivity index (χ4v) is 2.65. The first-order valence-electron chi connectivity index (χ1n) is 7.54. The molecule has 1 aromatic heterocycles. The number of nitrogens with zero attached hydrogens (tertiary/aromatic N) is 1. The summed E-state index contributed by atoms with van der Waals surface area (Å²) in [5.41, 5.74) is 2.67. The van der Waals surface area contributed by atoms with Gasteiger partial charge in [-0.15, -0.1) is 11.6 Å². The maximum atomic E-state index is 12.0. The summed E-state index contributed by atoms with van der Waals surface area (Å²) >= 11 is 5.88. The first-order chi connectivity index (χ1) is 9.90. The van der Waals surface area contributed by atoms with Gasteiger partial charge in [-0.05, 0) is 46.1 Å². The lowest BCUT2D eigenvalue weighted by molar-refractivity contribution is -0.121. The monoisotopic (exact) mass is 310 g/mol. The maximum absolute atomic E-state index is 12.0. The van der Waals surface area contributed by atoms with Gasteiger partial charge in [0.15, 0.2) is 5.78 Å². The Balaban J connectivity index is 1.93. The molecule has 5 heteroatoms. The molecule has 1 aliphatic rings. The van der Waals surface area contributed by atoms with Gasteiger partial charge >= 0.3 is 0 Å². The minimum absolute atomic E-state index is 0.0394. The second-order valence-corrected chi connectivity index (χ2v) is 6.52. The standard InChI is InChI=1S/C16H23ClN2O2/c1-10-9-14(16(21)11(2)17)12(3)19(10)8-4-5-15(20)18-13-6-7-13/h9,11,13H,4-8H2,1-3H3,(H,18,20). The van der Waals surface area contributed by atoms with Gasteiger partial charge < -0.3 is 9.88 Å². The summed E-state index contributed by atoms with van der Waals surface area (Å²) in [6.45, 7) is 6.36. The van der Waals surface area contributed by atoms with Gasteiger partial charge in [0.2, 0.25) is 5.91 Å². The van der Waals surface area contributed by atoms with Crippen molar-refractivity contribution in [2.24, 2.45) is 0 Å². The summed E-state index contributed by atoms with van der Waals surface area (Å²) in [4.78, 5) is 23.7. The molecule has 1 saturated carbocycles. The number of ketones is 1. The SMILES string of the molecule is Cc1cc(C(=O)C(C)Cl)c(C)n1CCCC(=O)NC1CC1. The van der Waals surface area contributed by atoms with Crippen LogP contribution in [0.4, 0.5) is 0 Å². The van der Waals surface area contributed by atoms with E-state index in [0.717, 1.165) is 37.2 Å². The number of halogens is 1. The van der Waals surface area contributed by atoms with Crippen molar-refractivity contribution in [3.05, 3.63) is 23.0 Å². The molecule has 0 aliphatic heterocycles. The highest BCUT2D eigenvalue weighted by atomic mass is 35.5. The lowest BCUT2D eigenvalue weighted by Crippen LogP contribution is -2.25. The van der Waals surface area contributed by atoms with Crippen LogP contribution in [0.25, 0.3) is 0 Å². The number of aromatic nitrogens is 1. The van der Waals surface area contributed by atoms with Gasteiger partial charge in [0.25, 0.3) is 0 Å². The summed E-state index contributed by atoms with van der Waals surface area (Å²) in [6, 6.07) is 2.31. The average Bonchev–Trinajstić information content (AvgIpc) is 3.18. The van der Waals surface area contributed by atoms with Gasteiger partial charge in [-0.1, -0.05) is 0 Å². The normalized spacial score (nSPS) is 15.8. The predicted molar refractivity (Wildman–Crippen MR) is 84.0 cm³/mol. The van der Waals surface area contributed by atoms with Gasteiger partial charge in [-0.25, -0.2) is 0 Å². The Morgan fingerprint density at radius 3 is 2.67 bits per heavy atom. The van der Waals surface area contributed by atoms with Crippen molar-refractivity contribution in [3.63, 3.8) is 0 Å². The smallest absolute Gasteiger partial charge is 0.220 e. The number of alkyl halides is 1. The zero-order chi connectivity index (χ0) is 15.6. The molecule has 4 nitrogen and oxygen atoms in total. The van der Waals surface area contributed by atoms with E-state index in [1.54, 1.807) is 6.92 Å². The maximum Gasteiger partial charge on any atom is 0.220 e. The molecule has 0 aromatic carbocycles. The molecule has 116 valence electrons. The third kappa shape index (κ3) is 4.10. The average molecular weight is 311 g/mol. The first kappa shape index (κ1) is 16.1. The minimum Gasteiger partial charge on any atom is -0.353 e. The zero-order valence-electron chi connectivity index (χ0n) is 12.9. The number of amides is 1. The van der Waals surface area contributed by atoms with Gasteiger partial charge in [0.1, 0.15) is 0 Å². The van der Waals surface area contributed by atoms with Crippen molar-refractivity contribution < 1.29 is 9.59 Å². The molecule has 0 radical (unpaired) electrons. The van der Waals surface area contributed by atoms with Gasteiger partial charge in [-0.3, -0.25) is 9.59 Å². The van der Waals surface area contributed by atoms with Crippen molar-refractivity contribution in [2.75, 3.05) is 0 Å². The topological polar surface area (TPSA) is 51.1 Å². The van der Waals surface area contributed by atoms with E-state index in [-0.39, 0.29) is 11.7 Å². The van der Waals surface area contributed by atoms with Gasteiger partial charge in [0.05, 0.1) is 5.38 Å². The number of carbonyl (C=O) groups is 2. The Kier molecular flexibility index (Phi) is 5.09. The van der Waals surface area contributed by atoms with Gasteiger partial charge in [-0.2, -0.15) is 0 Å². The molecule has 0 spiro atoms. The largest absolute Gasteiger partial charge is 0.353 e. The summed E-state index contributed by atoms with van der Waals surface area (Å²) < 4.78 is 2.09. The summed E-state index contributed by atoms with van der Waals surface area (Å²) in [5.74, 6) is 0.0909. The lowest BCUT2D eigenvalue weighted by atomic mass is 10.1. The Hall–Kier alpha value is -1.29. The van der Waals surface area contributed by atoms with Crippen LogP contribution in [0.15, 0.2) is 6.07 Å². The van der Waals surface area contributed by atoms with E-state index in [4.69, 9.17) is 11.6 Å². The number of hydrogen-bond acceptors (Lipinski definition) is 2.